The minimum absolute atomic E-state index is 0.00230. The van der Waals surface area contributed by atoms with Gasteiger partial charge in [0.25, 0.3) is 0 Å². The van der Waals surface area contributed by atoms with Gasteiger partial charge in [0.15, 0.2) is 0 Å². The molecule has 1 N–H and O–H groups in total. The number of allylic oxidation sites excluding steroid dienone is 1. The highest BCUT2D eigenvalue weighted by Crippen LogP contribution is 2.11. The lowest BCUT2D eigenvalue weighted by Gasteiger charge is -2.36. The highest BCUT2D eigenvalue weighted by atomic mass is 16.5. The van der Waals surface area contributed by atoms with Gasteiger partial charge in [-0.2, -0.15) is 0 Å². The Kier molecular flexibility index (Phi) is 5.15. The van der Waals surface area contributed by atoms with Gasteiger partial charge < -0.3 is 9.84 Å². The molecule has 0 aromatic carbocycles. The number of unbranched alkanes of at least 4 members (excludes halogenated alkanes) is 1. The van der Waals surface area contributed by atoms with Gasteiger partial charge in [0, 0.05) is 13.1 Å². The topological polar surface area (TPSA) is 32.7 Å². The summed E-state index contributed by atoms with van der Waals surface area (Å²) in [6.07, 6.45) is 4.41. The average Bonchev–Trinajstić information content (AvgIpc) is 2.17. The number of ether oxygens (including phenoxy) is 1. The summed E-state index contributed by atoms with van der Waals surface area (Å²) >= 11 is 0. The molecule has 1 rings (SSSR count). The van der Waals surface area contributed by atoms with E-state index in [-0.39, 0.29) is 18.8 Å². The largest absolute Gasteiger partial charge is 0.394 e. The molecule has 0 amide bonds. The number of hydrogen-bond donors (Lipinski definition) is 1. The summed E-state index contributed by atoms with van der Waals surface area (Å²) in [5.74, 6) is 0. The minimum Gasteiger partial charge on any atom is -0.394 e. The van der Waals surface area contributed by atoms with E-state index in [2.05, 4.69) is 18.4 Å². The predicted molar refractivity (Wildman–Crippen MR) is 57.3 cm³/mol. The molecule has 3 nitrogen and oxygen atoms in total. The van der Waals surface area contributed by atoms with Crippen LogP contribution in [0, 0.1) is 0 Å². The van der Waals surface area contributed by atoms with Crippen LogP contribution in [-0.2, 0) is 4.74 Å². The Morgan fingerprint density at radius 1 is 1.57 bits per heavy atom. The molecule has 0 aliphatic carbocycles. The summed E-state index contributed by atoms with van der Waals surface area (Å²) in [6.45, 7) is 8.81. The maximum Gasteiger partial charge on any atom is 0.0936 e. The van der Waals surface area contributed by atoms with Gasteiger partial charge in [-0.3, -0.25) is 4.90 Å². The number of rotatable bonds is 5. The smallest absolute Gasteiger partial charge is 0.0936 e. The number of nitrogens with zero attached hydrogens (tertiary/aromatic N) is 1. The van der Waals surface area contributed by atoms with E-state index in [1.807, 2.05) is 6.08 Å². The SMILES string of the molecule is C=CCCCN1CC(C)OC(CO)C1. The first-order valence-electron chi connectivity index (χ1n) is 5.35. The van der Waals surface area contributed by atoms with E-state index in [0.717, 1.165) is 32.5 Å². The van der Waals surface area contributed by atoms with Gasteiger partial charge in [-0.25, -0.2) is 0 Å². The van der Waals surface area contributed by atoms with Crippen molar-refractivity contribution < 1.29 is 9.84 Å². The molecule has 0 aromatic rings. The molecule has 0 saturated carbocycles. The molecule has 14 heavy (non-hydrogen) atoms. The van der Waals surface area contributed by atoms with Crippen LogP contribution in [0.1, 0.15) is 19.8 Å². The number of aliphatic hydroxyl groups is 1. The van der Waals surface area contributed by atoms with E-state index in [0.29, 0.717) is 0 Å². The molecule has 0 spiro atoms. The lowest BCUT2D eigenvalue weighted by molar-refractivity contribution is -0.0951. The van der Waals surface area contributed by atoms with E-state index in [9.17, 15) is 0 Å². The fraction of sp³-hybridized carbons (Fsp3) is 0.818. The van der Waals surface area contributed by atoms with Gasteiger partial charge >= 0.3 is 0 Å². The van der Waals surface area contributed by atoms with Crippen LogP contribution in [0.4, 0.5) is 0 Å². The van der Waals surface area contributed by atoms with Gasteiger partial charge in [-0.05, 0) is 26.3 Å². The van der Waals surface area contributed by atoms with Gasteiger partial charge in [0.05, 0.1) is 18.8 Å². The van der Waals surface area contributed by atoms with Gasteiger partial charge in [-0.15, -0.1) is 6.58 Å². The van der Waals surface area contributed by atoms with Crippen LogP contribution < -0.4 is 0 Å². The van der Waals surface area contributed by atoms with Crippen molar-refractivity contribution in [3.63, 3.8) is 0 Å². The average molecular weight is 199 g/mol. The van der Waals surface area contributed by atoms with Gasteiger partial charge in [0.1, 0.15) is 0 Å². The predicted octanol–water partition coefficient (Wildman–Crippen LogP) is 1.03. The third-order valence-electron chi connectivity index (χ3n) is 2.49. The lowest BCUT2D eigenvalue weighted by Crippen LogP contribution is -2.48. The van der Waals surface area contributed by atoms with E-state index < -0.39 is 0 Å². The highest BCUT2D eigenvalue weighted by molar-refractivity contribution is 4.76. The van der Waals surface area contributed by atoms with E-state index in [4.69, 9.17) is 9.84 Å². The Bertz CT molecular complexity index is 173. The zero-order chi connectivity index (χ0) is 10.4. The molecule has 3 heteroatoms. The van der Waals surface area contributed by atoms with Crippen molar-refractivity contribution in [1.82, 2.24) is 4.90 Å². The second-order valence-corrected chi connectivity index (χ2v) is 3.94. The Hall–Kier alpha value is -0.380. The molecule has 1 heterocycles. The Morgan fingerprint density at radius 2 is 2.36 bits per heavy atom. The Balaban J connectivity index is 2.26. The van der Waals surface area contributed by atoms with E-state index in [1.54, 1.807) is 0 Å². The standard InChI is InChI=1S/C11H21NO2/c1-3-4-5-6-12-7-10(2)14-11(8-12)9-13/h3,10-11,13H,1,4-9H2,2H3. The third kappa shape index (κ3) is 3.78. The molecule has 2 atom stereocenters. The van der Waals surface area contributed by atoms with Crippen LogP contribution in [0.25, 0.3) is 0 Å². The number of morpholine rings is 1. The summed E-state index contributed by atoms with van der Waals surface area (Å²) in [4.78, 5) is 2.36. The summed E-state index contributed by atoms with van der Waals surface area (Å²) < 4.78 is 5.56. The van der Waals surface area contributed by atoms with Crippen LogP contribution in [-0.4, -0.2) is 48.5 Å². The molecular formula is C11H21NO2. The first kappa shape index (κ1) is 11.7. The summed E-state index contributed by atoms with van der Waals surface area (Å²) in [7, 11) is 0. The van der Waals surface area contributed by atoms with Crippen molar-refractivity contribution in [2.75, 3.05) is 26.2 Å². The van der Waals surface area contributed by atoms with Crippen molar-refractivity contribution in [3.05, 3.63) is 12.7 Å². The molecule has 2 unspecified atom stereocenters. The monoisotopic (exact) mass is 199 g/mol. The highest BCUT2D eigenvalue weighted by Gasteiger charge is 2.23. The van der Waals surface area contributed by atoms with Crippen LogP contribution in [0.5, 0.6) is 0 Å². The van der Waals surface area contributed by atoms with Crippen LogP contribution >= 0.6 is 0 Å². The zero-order valence-corrected chi connectivity index (χ0v) is 8.98. The van der Waals surface area contributed by atoms with Gasteiger partial charge in [0.2, 0.25) is 0 Å². The summed E-state index contributed by atoms with van der Waals surface area (Å²) in [5.41, 5.74) is 0. The normalized spacial score (nSPS) is 29.0. The van der Waals surface area contributed by atoms with Crippen molar-refractivity contribution >= 4 is 0 Å². The first-order chi connectivity index (χ1) is 6.76. The van der Waals surface area contributed by atoms with Crippen molar-refractivity contribution in [2.24, 2.45) is 0 Å². The molecule has 1 aliphatic heterocycles. The first-order valence-corrected chi connectivity index (χ1v) is 5.35. The van der Waals surface area contributed by atoms with E-state index >= 15 is 0 Å². The minimum atomic E-state index is 0.00230. The molecule has 82 valence electrons. The maximum atomic E-state index is 9.03. The van der Waals surface area contributed by atoms with Crippen LogP contribution in [0.15, 0.2) is 12.7 Å². The molecule has 0 radical (unpaired) electrons. The van der Waals surface area contributed by atoms with Crippen LogP contribution in [0.2, 0.25) is 0 Å². The Morgan fingerprint density at radius 3 is 3.00 bits per heavy atom. The quantitative estimate of drug-likeness (QED) is 0.530. The van der Waals surface area contributed by atoms with Crippen molar-refractivity contribution in [1.29, 1.82) is 0 Å². The van der Waals surface area contributed by atoms with Crippen molar-refractivity contribution in [2.45, 2.75) is 32.0 Å². The summed E-state index contributed by atoms with van der Waals surface area (Å²) in [5, 5.41) is 9.03. The second kappa shape index (κ2) is 6.17. The second-order valence-electron chi connectivity index (χ2n) is 3.94. The lowest BCUT2D eigenvalue weighted by atomic mass is 10.2. The molecule has 1 saturated heterocycles. The molecule has 0 aromatic heterocycles. The fourth-order valence-corrected chi connectivity index (χ4v) is 1.88. The van der Waals surface area contributed by atoms with Crippen molar-refractivity contribution in [3.8, 4) is 0 Å². The van der Waals surface area contributed by atoms with E-state index in [1.165, 1.54) is 0 Å². The summed E-state index contributed by atoms with van der Waals surface area (Å²) in [6, 6.07) is 0. The Labute approximate surface area is 86.4 Å². The van der Waals surface area contributed by atoms with Crippen LogP contribution in [0.3, 0.4) is 0 Å². The molecule has 0 bridgehead atoms. The van der Waals surface area contributed by atoms with Gasteiger partial charge in [-0.1, -0.05) is 6.08 Å². The zero-order valence-electron chi connectivity index (χ0n) is 8.98. The third-order valence-corrected chi connectivity index (χ3v) is 2.49. The number of hydrogen-bond acceptors (Lipinski definition) is 3. The molecular weight excluding hydrogens is 178 g/mol. The molecule has 1 aliphatic rings. The maximum absolute atomic E-state index is 9.03. The fourth-order valence-electron chi connectivity index (χ4n) is 1.88. The molecule has 1 fully saturated rings. The number of aliphatic hydroxyl groups excluding tert-OH is 1.